The van der Waals surface area contributed by atoms with Crippen LogP contribution in [0.1, 0.15) is 60.3 Å². The predicted octanol–water partition coefficient (Wildman–Crippen LogP) is 4.94. The summed E-state index contributed by atoms with van der Waals surface area (Å²) in [4.78, 5) is 4.77. The van der Waals surface area contributed by atoms with E-state index in [4.69, 9.17) is 4.99 Å². The molecule has 0 aromatic carbocycles. The van der Waals surface area contributed by atoms with Gasteiger partial charge in [-0.2, -0.15) is 0 Å². The Morgan fingerprint density at radius 3 is 2.29 bits per heavy atom. The third-order valence-corrected chi connectivity index (χ3v) is 3.84. The van der Waals surface area contributed by atoms with Crippen LogP contribution in [-0.2, 0) is 0 Å². The summed E-state index contributed by atoms with van der Waals surface area (Å²) in [6, 6.07) is 0. The van der Waals surface area contributed by atoms with Gasteiger partial charge >= 0.3 is 0 Å². The normalized spacial score (nSPS) is 27.4. The highest BCUT2D eigenvalue weighted by Gasteiger charge is 2.25. The Labute approximate surface area is 107 Å². The zero-order valence-electron chi connectivity index (χ0n) is 12.1. The molecule has 0 spiro atoms. The Balaban J connectivity index is 0.000000686. The summed E-state index contributed by atoms with van der Waals surface area (Å²) in [5, 5.41) is 0. The molecule has 1 atom stereocenters. The molecule has 0 bridgehead atoms. The topological polar surface area (TPSA) is 12.4 Å². The molecule has 0 N–H and O–H groups in total. The maximum absolute atomic E-state index is 4.77. The molecule has 1 heterocycles. The summed E-state index contributed by atoms with van der Waals surface area (Å²) in [5.41, 5.74) is 2.99. The van der Waals surface area contributed by atoms with Crippen LogP contribution < -0.4 is 0 Å². The fraction of sp³-hybridized carbons (Fsp3) is 0.688. The van der Waals surface area contributed by atoms with Crippen molar-refractivity contribution in [2.75, 3.05) is 0 Å². The van der Waals surface area contributed by atoms with E-state index < -0.39 is 0 Å². The Bertz CT molecular complexity index is 305. The van der Waals surface area contributed by atoms with Gasteiger partial charge in [0.05, 0.1) is 5.54 Å². The monoisotopic (exact) mass is 233 g/mol. The second kappa shape index (κ2) is 6.18. The minimum absolute atomic E-state index is 0.00264. The summed E-state index contributed by atoms with van der Waals surface area (Å²) in [5.74, 6) is 0.561. The van der Waals surface area contributed by atoms with Gasteiger partial charge in [0.1, 0.15) is 0 Å². The third-order valence-electron chi connectivity index (χ3n) is 3.84. The highest BCUT2D eigenvalue weighted by molar-refractivity contribution is 5.82. The molecule has 1 aliphatic heterocycles. The molecule has 1 aliphatic carbocycles. The van der Waals surface area contributed by atoms with Crippen LogP contribution in [0.3, 0.4) is 0 Å². The second-order valence-corrected chi connectivity index (χ2v) is 5.23. The summed E-state index contributed by atoms with van der Waals surface area (Å²) in [6.45, 7) is 10.7. The molecule has 0 saturated carbocycles. The van der Waals surface area contributed by atoms with E-state index in [-0.39, 0.29) is 5.54 Å². The predicted molar refractivity (Wildman–Crippen MR) is 77.7 cm³/mol. The summed E-state index contributed by atoms with van der Waals surface area (Å²) in [7, 11) is 0. The van der Waals surface area contributed by atoms with Crippen LogP contribution in [-0.4, -0.2) is 11.8 Å². The van der Waals surface area contributed by atoms with Gasteiger partial charge in [0.25, 0.3) is 0 Å². The van der Waals surface area contributed by atoms with E-state index in [0.29, 0.717) is 5.92 Å². The first kappa shape index (κ1) is 14.2. The Hall–Kier alpha value is -0.850. The number of nitrogens with zero attached hydrogens (tertiary/aromatic N) is 1. The molecule has 1 heteroatoms. The van der Waals surface area contributed by atoms with E-state index >= 15 is 0 Å². The van der Waals surface area contributed by atoms with Crippen molar-refractivity contribution >= 4 is 6.21 Å². The van der Waals surface area contributed by atoms with Crippen LogP contribution >= 0.6 is 0 Å². The van der Waals surface area contributed by atoms with E-state index in [0.717, 1.165) is 0 Å². The second-order valence-electron chi connectivity index (χ2n) is 5.23. The fourth-order valence-electron chi connectivity index (χ4n) is 2.16. The number of aliphatic imine (C=N–C) groups is 1. The minimum Gasteiger partial charge on any atom is -0.282 e. The molecule has 0 radical (unpaired) electrons. The summed E-state index contributed by atoms with van der Waals surface area (Å²) < 4.78 is 0. The van der Waals surface area contributed by atoms with Crippen molar-refractivity contribution in [3.63, 3.8) is 0 Å². The van der Waals surface area contributed by atoms with E-state index in [9.17, 15) is 0 Å². The Morgan fingerprint density at radius 2 is 1.71 bits per heavy atom. The zero-order chi connectivity index (χ0) is 12.9. The highest BCUT2D eigenvalue weighted by Crippen LogP contribution is 2.31. The standard InChI is InChI=1S/C14H21N.C2H6/c1-11(2)14(3)9-8-12-6-4-5-7-13(12)10-15-14;1-2/h8-11H,4-7H2,1-3H3;1-2H3. The van der Waals surface area contributed by atoms with Gasteiger partial charge in [-0.05, 0) is 49.7 Å². The van der Waals surface area contributed by atoms with Crippen LogP contribution in [0.25, 0.3) is 0 Å². The zero-order valence-corrected chi connectivity index (χ0v) is 12.1. The van der Waals surface area contributed by atoms with Crippen molar-refractivity contribution in [1.82, 2.24) is 0 Å². The molecule has 1 unspecified atom stereocenters. The van der Waals surface area contributed by atoms with Crippen LogP contribution in [0.15, 0.2) is 28.3 Å². The highest BCUT2D eigenvalue weighted by atomic mass is 14.8. The molecule has 0 fully saturated rings. The summed E-state index contributed by atoms with van der Waals surface area (Å²) >= 11 is 0. The van der Waals surface area contributed by atoms with E-state index in [2.05, 4.69) is 39.1 Å². The summed E-state index contributed by atoms with van der Waals surface area (Å²) in [6.07, 6.45) is 11.9. The van der Waals surface area contributed by atoms with Crippen molar-refractivity contribution in [2.45, 2.75) is 65.8 Å². The molecule has 96 valence electrons. The lowest BCUT2D eigenvalue weighted by Gasteiger charge is -2.25. The van der Waals surface area contributed by atoms with Crippen molar-refractivity contribution in [1.29, 1.82) is 0 Å². The van der Waals surface area contributed by atoms with Crippen LogP contribution in [0.5, 0.6) is 0 Å². The van der Waals surface area contributed by atoms with Crippen LogP contribution in [0, 0.1) is 5.92 Å². The quantitative estimate of drug-likeness (QED) is 0.608. The first-order valence-electron chi connectivity index (χ1n) is 7.08. The average Bonchev–Trinajstić information content (AvgIpc) is 2.53. The largest absolute Gasteiger partial charge is 0.282 e. The molecule has 0 aromatic rings. The lowest BCUT2D eigenvalue weighted by Crippen LogP contribution is -2.26. The van der Waals surface area contributed by atoms with Gasteiger partial charge in [-0.3, -0.25) is 4.99 Å². The molecule has 0 amide bonds. The van der Waals surface area contributed by atoms with Gasteiger partial charge in [0.2, 0.25) is 0 Å². The molecular formula is C16H27N. The first-order valence-corrected chi connectivity index (χ1v) is 7.08. The van der Waals surface area contributed by atoms with Gasteiger partial charge in [-0.25, -0.2) is 0 Å². The average molecular weight is 233 g/mol. The van der Waals surface area contributed by atoms with Gasteiger partial charge in [-0.1, -0.05) is 39.8 Å². The van der Waals surface area contributed by atoms with Gasteiger partial charge < -0.3 is 0 Å². The van der Waals surface area contributed by atoms with Gasteiger partial charge in [0.15, 0.2) is 0 Å². The molecule has 17 heavy (non-hydrogen) atoms. The molecule has 2 aliphatic rings. The number of hydrogen-bond donors (Lipinski definition) is 0. The van der Waals surface area contributed by atoms with E-state index in [1.54, 1.807) is 0 Å². The lowest BCUT2D eigenvalue weighted by atomic mass is 9.88. The minimum atomic E-state index is -0.00264. The van der Waals surface area contributed by atoms with Crippen LogP contribution in [0.2, 0.25) is 0 Å². The maximum atomic E-state index is 4.77. The first-order chi connectivity index (χ1) is 8.12. The van der Waals surface area contributed by atoms with Crippen molar-refractivity contribution in [2.24, 2.45) is 10.9 Å². The SMILES string of the molecule is CC.CC(C)C1(C)C=CC2=C(C=N1)CCCC2. The van der Waals surface area contributed by atoms with E-state index in [1.165, 1.54) is 36.8 Å². The van der Waals surface area contributed by atoms with Crippen molar-refractivity contribution < 1.29 is 0 Å². The van der Waals surface area contributed by atoms with Gasteiger partial charge in [-0.15, -0.1) is 0 Å². The molecular weight excluding hydrogens is 206 g/mol. The molecule has 2 rings (SSSR count). The third kappa shape index (κ3) is 3.31. The molecule has 0 aromatic heterocycles. The number of rotatable bonds is 1. The molecule has 1 nitrogen and oxygen atoms in total. The lowest BCUT2D eigenvalue weighted by molar-refractivity contribution is 0.424. The van der Waals surface area contributed by atoms with Crippen molar-refractivity contribution in [3.8, 4) is 0 Å². The smallest absolute Gasteiger partial charge is 0.0785 e. The Kier molecular flexibility index (Phi) is 5.17. The fourth-order valence-corrected chi connectivity index (χ4v) is 2.16. The number of allylic oxidation sites excluding steroid dienone is 3. The number of hydrogen-bond acceptors (Lipinski definition) is 1. The maximum Gasteiger partial charge on any atom is 0.0785 e. The Morgan fingerprint density at radius 1 is 1.12 bits per heavy atom. The van der Waals surface area contributed by atoms with Gasteiger partial charge in [0, 0.05) is 6.21 Å². The van der Waals surface area contributed by atoms with Crippen molar-refractivity contribution in [3.05, 3.63) is 23.3 Å². The van der Waals surface area contributed by atoms with Crippen LogP contribution in [0.4, 0.5) is 0 Å². The molecule has 0 saturated heterocycles. The van der Waals surface area contributed by atoms with E-state index in [1.807, 2.05) is 13.8 Å².